The zero-order valence-corrected chi connectivity index (χ0v) is 14.4. The van der Waals surface area contributed by atoms with Crippen molar-refractivity contribution in [1.82, 2.24) is 14.5 Å². The molecule has 5 heterocycles. The van der Waals surface area contributed by atoms with Crippen molar-refractivity contribution in [1.29, 1.82) is 0 Å². The highest BCUT2D eigenvalue weighted by atomic mass is 16.5. The van der Waals surface area contributed by atoms with Gasteiger partial charge in [0.05, 0.1) is 18.5 Å². The number of likely N-dealkylation sites (tertiary alicyclic amines) is 1. The van der Waals surface area contributed by atoms with E-state index in [-0.39, 0.29) is 35.8 Å². The number of ether oxygens (including phenoxy) is 1. The van der Waals surface area contributed by atoms with Gasteiger partial charge in [0.25, 0.3) is 5.56 Å². The standard InChI is InChI=1S/C20H17N3O4/c24-17(22-7-12-13(8-22)16-6-5-15(12)26-16)9-23-10-21-18-11-3-1-2-4-14(11)27-19(18)20(23)25/h1-6,10,12-13,15-16H,7-9H2. The fraction of sp³-hybridized carbons (Fsp3) is 0.350. The molecule has 0 spiro atoms. The lowest BCUT2D eigenvalue weighted by molar-refractivity contribution is -0.131. The van der Waals surface area contributed by atoms with Crippen molar-refractivity contribution in [2.45, 2.75) is 18.8 Å². The summed E-state index contributed by atoms with van der Waals surface area (Å²) in [5, 5.41) is 0.804. The predicted octanol–water partition coefficient (Wildman–Crippen LogP) is 1.55. The first-order valence-electron chi connectivity index (χ1n) is 9.17. The Morgan fingerprint density at radius 3 is 2.67 bits per heavy atom. The van der Waals surface area contributed by atoms with E-state index < -0.39 is 0 Å². The van der Waals surface area contributed by atoms with Crippen molar-refractivity contribution < 1.29 is 13.9 Å². The van der Waals surface area contributed by atoms with E-state index in [1.165, 1.54) is 10.9 Å². The van der Waals surface area contributed by atoms with E-state index in [1.54, 1.807) is 6.07 Å². The molecule has 1 aromatic carbocycles. The average Bonchev–Trinajstić information content (AvgIpc) is 3.44. The van der Waals surface area contributed by atoms with E-state index in [4.69, 9.17) is 9.15 Å². The van der Waals surface area contributed by atoms with Crippen LogP contribution in [0.1, 0.15) is 0 Å². The summed E-state index contributed by atoms with van der Waals surface area (Å²) in [4.78, 5) is 31.8. The minimum atomic E-state index is -0.325. The number of para-hydroxylation sites is 1. The first-order chi connectivity index (χ1) is 13.2. The maximum absolute atomic E-state index is 12.8. The molecule has 136 valence electrons. The number of fused-ring (bicyclic) bond motifs is 8. The van der Waals surface area contributed by atoms with Gasteiger partial charge in [-0.15, -0.1) is 0 Å². The van der Waals surface area contributed by atoms with Crippen LogP contribution in [0, 0.1) is 11.8 Å². The molecule has 7 heteroatoms. The summed E-state index contributed by atoms with van der Waals surface area (Å²) < 4.78 is 12.9. The minimum absolute atomic E-state index is 0.0259. The molecule has 2 fully saturated rings. The Bertz CT molecular complexity index is 1160. The Morgan fingerprint density at radius 2 is 1.89 bits per heavy atom. The van der Waals surface area contributed by atoms with Crippen LogP contribution >= 0.6 is 0 Å². The van der Waals surface area contributed by atoms with Crippen LogP contribution in [0.3, 0.4) is 0 Å². The molecule has 2 bridgehead atoms. The Labute approximate surface area is 153 Å². The number of nitrogens with zero attached hydrogens (tertiary/aromatic N) is 3. The van der Waals surface area contributed by atoms with Crippen molar-refractivity contribution >= 4 is 28.0 Å². The summed E-state index contributed by atoms with van der Waals surface area (Å²) in [6.45, 7) is 1.34. The van der Waals surface area contributed by atoms with Gasteiger partial charge >= 0.3 is 0 Å². The van der Waals surface area contributed by atoms with Gasteiger partial charge in [-0.2, -0.15) is 0 Å². The number of hydrogen-bond donors (Lipinski definition) is 0. The van der Waals surface area contributed by atoms with Crippen LogP contribution in [0.15, 0.2) is 52.0 Å². The second kappa shape index (κ2) is 5.29. The van der Waals surface area contributed by atoms with Crippen molar-refractivity contribution in [2.24, 2.45) is 11.8 Å². The predicted molar refractivity (Wildman–Crippen MR) is 97.1 cm³/mol. The molecule has 3 aliphatic rings. The monoisotopic (exact) mass is 363 g/mol. The highest BCUT2D eigenvalue weighted by Crippen LogP contribution is 2.43. The number of carbonyl (C=O) groups excluding carboxylic acids is 1. The van der Waals surface area contributed by atoms with Crippen molar-refractivity contribution in [3.63, 3.8) is 0 Å². The van der Waals surface area contributed by atoms with Crippen molar-refractivity contribution in [2.75, 3.05) is 13.1 Å². The Kier molecular flexibility index (Phi) is 2.97. The third-order valence-corrected chi connectivity index (χ3v) is 6.07. The molecule has 2 aromatic heterocycles. The number of hydrogen-bond acceptors (Lipinski definition) is 5. The highest BCUT2D eigenvalue weighted by Gasteiger charge is 2.51. The number of rotatable bonds is 2. The van der Waals surface area contributed by atoms with E-state index in [0.717, 1.165) is 5.39 Å². The quantitative estimate of drug-likeness (QED) is 0.646. The van der Waals surface area contributed by atoms with Gasteiger partial charge in [0.1, 0.15) is 17.6 Å². The van der Waals surface area contributed by atoms with Crippen molar-refractivity contribution in [3.8, 4) is 0 Å². The first kappa shape index (κ1) is 15.2. The molecule has 6 rings (SSSR count). The van der Waals surface area contributed by atoms with E-state index in [2.05, 4.69) is 17.1 Å². The van der Waals surface area contributed by atoms with E-state index >= 15 is 0 Å². The number of furan rings is 1. The van der Waals surface area contributed by atoms with E-state index in [1.807, 2.05) is 23.1 Å². The summed E-state index contributed by atoms with van der Waals surface area (Å²) in [6, 6.07) is 7.41. The van der Waals surface area contributed by atoms with E-state index in [9.17, 15) is 9.59 Å². The molecular formula is C20H17N3O4. The molecule has 3 aromatic rings. The summed E-state index contributed by atoms with van der Waals surface area (Å²) >= 11 is 0. The lowest BCUT2D eigenvalue weighted by atomic mass is 9.86. The summed E-state index contributed by atoms with van der Waals surface area (Å²) in [7, 11) is 0. The second-order valence-corrected chi connectivity index (χ2v) is 7.53. The third-order valence-electron chi connectivity index (χ3n) is 6.07. The highest BCUT2D eigenvalue weighted by molar-refractivity contribution is 6.01. The Morgan fingerprint density at radius 1 is 1.15 bits per heavy atom. The molecule has 0 N–H and O–H groups in total. The van der Waals surface area contributed by atoms with Gasteiger partial charge in [0.2, 0.25) is 11.5 Å². The smallest absolute Gasteiger partial charge is 0.297 e. The van der Waals surface area contributed by atoms with Gasteiger partial charge in [-0.3, -0.25) is 14.2 Å². The first-order valence-corrected chi connectivity index (χ1v) is 9.17. The Hall–Kier alpha value is -2.93. The van der Waals surface area contributed by atoms with Crippen LogP contribution < -0.4 is 5.56 Å². The zero-order chi connectivity index (χ0) is 18.1. The second-order valence-electron chi connectivity index (χ2n) is 7.53. The molecule has 4 unspecified atom stereocenters. The van der Waals surface area contributed by atoms with Crippen molar-refractivity contribution in [3.05, 3.63) is 53.1 Å². The van der Waals surface area contributed by atoms with Gasteiger partial charge in [-0.1, -0.05) is 24.3 Å². The average molecular weight is 363 g/mol. The fourth-order valence-electron chi connectivity index (χ4n) is 4.71. The molecule has 4 atom stereocenters. The van der Waals surface area contributed by atoms with Crippen LogP contribution in [0.25, 0.3) is 22.1 Å². The molecule has 1 amide bonds. The summed E-state index contributed by atoms with van der Waals surface area (Å²) in [6.07, 6.45) is 5.91. The number of amides is 1. The topological polar surface area (TPSA) is 77.6 Å². The number of carbonyl (C=O) groups is 1. The number of aromatic nitrogens is 2. The molecule has 27 heavy (non-hydrogen) atoms. The number of benzene rings is 1. The minimum Gasteiger partial charge on any atom is -0.448 e. The Balaban J connectivity index is 1.28. The SMILES string of the molecule is O=C(Cn1cnc2c(oc3ccccc32)c1=O)N1CC2C3C=CC(O3)C2C1. The van der Waals surface area contributed by atoms with Crippen LogP contribution in [-0.4, -0.2) is 45.7 Å². The molecule has 7 nitrogen and oxygen atoms in total. The van der Waals surface area contributed by atoms with Gasteiger partial charge < -0.3 is 14.1 Å². The van der Waals surface area contributed by atoms with Gasteiger partial charge in [0, 0.05) is 30.3 Å². The van der Waals surface area contributed by atoms with Gasteiger partial charge in [-0.05, 0) is 12.1 Å². The summed E-state index contributed by atoms with van der Waals surface area (Å²) in [5.41, 5.74) is 1.03. The lowest BCUT2D eigenvalue weighted by Gasteiger charge is -2.19. The van der Waals surface area contributed by atoms with Gasteiger partial charge in [0.15, 0.2) is 0 Å². The van der Waals surface area contributed by atoms with E-state index in [0.29, 0.717) is 36.0 Å². The normalized spacial score (nSPS) is 28.5. The molecule has 0 saturated carbocycles. The van der Waals surface area contributed by atoms with Crippen LogP contribution in [0.5, 0.6) is 0 Å². The lowest BCUT2D eigenvalue weighted by Crippen LogP contribution is -2.36. The molecule has 2 saturated heterocycles. The third kappa shape index (κ3) is 2.09. The molecule has 3 aliphatic heterocycles. The zero-order valence-electron chi connectivity index (χ0n) is 14.4. The van der Waals surface area contributed by atoms with Gasteiger partial charge in [-0.25, -0.2) is 4.98 Å². The molecule has 0 aliphatic carbocycles. The van der Waals surface area contributed by atoms with Crippen LogP contribution in [0.2, 0.25) is 0 Å². The molecular weight excluding hydrogens is 346 g/mol. The molecule has 0 radical (unpaired) electrons. The van der Waals surface area contributed by atoms with Crippen LogP contribution in [-0.2, 0) is 16.1 Å². The fourth-order valence-corrected chi connectivity index (χ4v) is 4.71. The largest absolute Gasteiger partial charge is 0.448 e. The van der Waals surface area contributed by atoms with Crippen LogP contribution in [0.4, 0.5) is 0 Å². The maximum atomic E-state index is 12.8. The maximum Gasteiger partial charge on any atom is 0.297 e. The summed E-state index contributed by atoms with van der Waals surface area (Å²) in [5.74, 6) is 0.677.